The quantitative estimate of drug-likeness (QED) is 0.581. The number of benzene rings is 2. The van der Waals surface area contributed by atoms with Crippen LogP contribution in [0.25, 0.3) is 0 Å². The first kappa shape index (κ1) is 18.6. The maximum Gasteiger partial charge on any atom is 0.265 e. The molecule has 0 aliphatic heterocycles. The second-order valence-electron chi connectivity index (χ2n) is 5.55. The van der Waals surface area contributed by atoms with E-state index in [0.717, 1.165) is 5.56 Å². The number of thiophene rings is 1. The van der Waals surface area contributed by atoms with Crippen LogP contribution in [0.15, 0.2) is 69.3 Å². The Bertz CT molecular complexity index is 1050. The fourth-order valence-electron chi connectivity index (χ4n) is 2.26. The van der Waals surface area contributed by atoms with Crippen LogP contribution in [-0.4, -0.2) is 14.3 Å². The second kappa shape index (κ2) is 7.61. The van der Waals surface area contributed by atoms with Crippen LogP contribution in [0.3, 0.4) is 0 Å². The molecule has 1 amide bonds. The zero-order valence-corrected chi connectivity index (χ0v) is 16.9. The van der Waals surface area contributed by atoms with E-state index >= 15 is 0 Å². The van der Waals surface area contributed by atoms with Crippen molar-refractivity contribution in [3.8, 4) is 0 Å². The van der Waals surface area contributed by atoms with Crippen molar-refractivity contribution in [3.63, 3.8) is 0 Å². The van der Waals surface area contributed by atoms with E-state index in [2.05, 4.69) is 26.0 Å². The molecule has 0 unspecified atom stereocenters. The third-order valence-electron chi connectivity index (χ3n) is 3.51. The number of amides is 1. The summed E-state index contributed by atoms with van der Waals surface area (Å²) in [5.41, 5.74) is 1.80. The molecule has 0 atom stereocenters. The first-order chi connectivity index (χ1) is 12.3. The van der Waals surface area contributed by atoms with Crippen molar-refractivity contribution in [2.75, 3.05) is 10.0 Å². The van der Waals surface area contributed by atoms with Gasteiger partial charge in [0, 0.05) is 10.2 Å². The van der Waals surface area contributed by atoms with Crippen LogP contribution >= 0.6 is 27.3 Å². The predicted octanol–water partition coefficient (Wildman–Crippen LogP) is 4.87. The van der Waals surface area contributed by atoms with Crippen molar-refractivity contribution in [2.45, 2.75) is 11.8 Å². The number of carbonyl (C=O) groups excluding carboxylic acids is 1. The number of sulfonamides is 1. The summed E-state index contributed by atoms with van der Waals surface area (Å²) in [7, 11) is -3.79. The molecule has 134 valence electrons. The molecule has 0 bridgehead atoms. The molecule has 2 N–H and O–H groups in total. The van der Waals surface area contributed by atoms with Gasteiger partial charge in [-0.25, -0.2) is 8.42 Å². The molecular weight excluding hydrogens is 436 g/mol. The minimum absolute atomic E-state index is 0.0647. The lowest BCUT2D eigenvalue weighted by molar-refractivity contribution is 0.103. The average Bonchev–Trinajstić information content (AvgIpc) is 3.13. The van der Waals surface area contributed by atoms with E-state index < -0.39 is 10.0 Å². The van der Waals surface area contributed by atoms with E-state index in [1.165, 1.54) is 23.5 Å². The summed E-state index contributed by atoms with van der Waals surface area (Å²) in [5.74, 6) is -0.274. The van der Waals surface area contributed by atoms with Gasteiger partial charge in [-0.2, -0.15) is 0 Å². The molecule has 0 radical (unpaired) electrons. The summed E-state index contributed by atoms with van der Waals surface area (Å²) < 4.78 is 28.6. The van der Waals surface area contributed by atoms with Crippen molar-refractivity contribution < 1.29 is 13.2 Å². The summed E-state index contributed by atoms with van der Waals surface area (Å²) in [4.78, 5) is 12.8. The lowest BCUT2D eigenvalue weighted by Gasteiger charge is -2.12. The van der Waals surface area contributed by atoms with Crippen LogP contribution in [0.1, 0.15) is 15.2 Å². The number of anilines is 2. The van der Waals surface area contributed by atoms with Crippen LogP contribution in [0.4, 0.5) is 11.4 Å². The topological polar surface area (TPSA) is 75.3 Å². The minimum Gasteiger partial charge on any atom is -0.321 e. The van der Waals surface area contributed by atoms with Gasteiger partial charge in [0.25, 0.3) is 15.9 Å². The van der Waals surface area contributed by atoms with Gasteiger partial charge in [-0.15, -0.1) is 11.3 Å². The Morgan fingerprint density at radius 1 is 1.08 bits per heavy atom. The Hall–Kier alpha value is -2.16. The van der Waals surface area contributed by atoms with Gasteiger partial charge in [0.1, 0.15) is 0 Å². The molecule has 5 nitrogen and oxygen atoms in total. The molecule has 3 aromatic rings. The van der Waals surface area contributed by atoms with E-state index in [0.29, 0.717) is 20.7 Å². The molecular formula is C18H15BrN2O3S2. The molecule has 0 aliphatic carbocycles. The number of hydrogen-bond acceptors (Lipinski definition) is 4. The first-order valence-electron chi connectivity index (χ1n) is 7.59. The third kappa shape index (κ3) is 4.32. The fraction of sp³-hybridized carbons (Fsp3) is 0.0556. The minimum atomic E-state index is -3.79. The normalized spacial score (nSPS) is 11.2. The second-order valence-corrected chi connectivity index (χ2v) is 9.03. The molecule has 8 heteroatoms. The number of rotatable bonds is 5. The molecule has 0 aliphatic rings. The first-order valence-corrected chi connectivity index (χ1v) is 10.7. The lowest BCUT2D eigenvalue weighted by Crippen LogP contribution is -2.15. The number of hydrogen-bond donors (Lipinski definition) is 2. The summed E-state index contributed by atoms with van der Waals surface area (Å²) >= 11 is 4.66. The van der Waals surface area contributed by atoms with Crippen LogP contribution < -0.4 is 10.0 Å². The molecule has 0 spiro atoms. The van der Waals surface area contributed by atoms with Gasteiger partial charge in [-0.05, 0) is 70.2 Å². The molecule has 0 saturated heterocycles. The maximum atomic E-state index is 12.7. The molecule has 0 saturated carbocycles. The highest BCUT2D eigenvalue weighted by atomic mass is 79.9. The van der Waals surface area contributed by atoms with Gasteiger partial charge in [0.2, 0.25) is 0 Å². The largest absolute Gasteiger partial charge is 0.321 e. The molecule has 3 rings (SSSR count). The van der Waals surface area contributed by atoms with Crippen molar-refractivity contribution in [2.24, 2.45) is 0 Å². The number of aryl methyl sites for hydroxylation is 1. The van der Waals surface area contributed by atoms with Crippen LogP contribution in [0, 0.1) is 6.92 Å². The van der Waals surface area contributed by atoms with E-state index in [4.69, 9.17) is 0 Å². The average molecular weight is 451 g/mol. The molecule has 26 heavy (non-hydrogen) atoms. The monoisotopic (exact) mass is 450 g/mol. The highest BCUT2D eigenvalue weighted by Crippen LogP contribution is 2.27. The third-order valence-corrected chi connectivity index (χ3v) is 6.44. The van der Waals surface area contributed by atoms with Crippen molar-refractivity contribution >= 4 is 54.6 Å². The van der Waals surface area contributed by atoms with E-state index in [1.807, 2.05) is 13.0 Å². The van der Waals surface area contributed by atoms with Gasteiger partial charge < -0.3 is 5.32 Å². The Kier molecular flexibility index (Phi) is 5.45. The van der Waals surface area contributed by atoms with Crippen molar-refractivity contribution in [3.05, 3.63) is 74.9 Å². The highest BCUT2D eigenvalue weighted by molar-refractivity contribution is 9.10. The Balaban J connectivity index is 1.84. The van der Waals surface area contributed by atoms with Gasteiger partial charge in [0.05, 0.1) is 15.5 Å². The number of carbonyl (C=O) groups is 1. The SMILES string of the molecule is Cc1ccc(Br)c(NS(=O)(=O)c2cccc(NC(=O)c3cccs3)c2)c1. The van der Waals surface area contributed by atoms with E-state index in [9.17, 15) is 13.2 Å². The van der Waals surface area contributed by atoms with Crippen LogP contribution in [0.5, 0.6) is 0 Å². The summed E-state index contributed by atoms with van der Waals surface area (Å²) in [6.45, 7) is 1.88. The molecule has 2 aromatic carbocycles. The Morgan fingerprint density at radius 2 is 1.88 bits per heavy atom. The maximum absolute atomic E-state index is 12.7. The van der Waals surface area contributed by atoms with Crippen LogP contribution in [-0.2, 0) is 10.0 Å². The standard InChI is InChI=1S/C18H15BrN2O3S2/c1-12-7-8-15(19)16(10-12)21-26(23,24)14-5-2-4-13(11-14)20-18(22)17-6-3-9-25-17/h2-11,21H,1H3,(H,20,22). The Morgan fingerprint density at radius 3 is 2.62 bits per heavy atom. The predicted molar refractivity (Wildman–Crippen MR) is 108 cm³/mol. The van der Waals surface area contributed by atoms with E-state index in [-0.39, 0.29) is 10.8 Å². The van der Waals surface area contributed by atoms with Crippen LogP contribution in [0.2, 0.25) is 0 Å². The van der Waals surface area contributed by atoms with E-state index in [1.54, 1.807) is 41.8 Å². The lowest BCUT2D eigenvalue weighted by atomic mass is 10.2. The van der Waals surface area contributed by atoms with Crippen molar-refractivity contribution in [1.29, 1.82) is 0 Å². The van der Waals surface area contributed by atoms with Gasteiger partial charge in [0.15, 0.2) is 0 Å². The number of nitrogens with one attached hydrogen (secondary N) is 2. The Labute approximate surface area is 164 Å². The smallest absolute Gasteiger partial charge is 0.265 e. The van der Waals surface area contributed by atoms with Gasteiger partial charge in [-0.3, -0.25) is 9.52 Å². The summed E-state index contributed by atoms with van der Waals surface area (Å²) in [6, 6.07) is 15.0. The van der Waals surface area contributed by atoms with Gasteiger partial charge >= 0.3 is 0 Å². The fourth-order valence-corrected chi connectivity index (χ4v) is 4.47. The summed E-state index contributed by atoms with van der Waals surface area (Å²) in [6.07, 6.45) is 0. The molecule has 1 aromatic heterocycles. The summed E-state index contributed by atoms with van der Waals surface area (Å²) in [5, 5.41) is 4.52. The molecule has 1 heterocycles. The zero-order chi connectivity index (χ0) is 18.7. The zero-order valence-electron chi connectivity index (χ0n) is 13.7. The molecule has 0 fully saturated rings. The van der Waals surface area contributed by atoms with Crippen molar-refractivity contribution in [1.82, 2.24) is 0 Å². The highest BCUT2D eigenvalue weighted by Gasteiger charge is 2.17. The number of halogens is 1. The van der Waals surface area contributed by atoms with Gasteiger partial charge in [-0.1, -0.05) is 18.2 Å².